The van der Waals surface area contributed by atoms with Crippen LogP contribution in [-0.2, 0) is 5.41 Å². The Morgan fingerprint density at radius 1 is 1.00 bits per heavy atom. The highest BCUT2D eigenvalue weighted by Gasteiger charge is 2.16. The summed E-state index contributed by atoms with van der Waals surface area (Å²) in [6.07, 6.45) is 1.62. The van der Waals surface area contributed by atoms with Gasteiger partial charge in [-0.15, -0.1) is 0 Å². The van der Waals surface area contributed by atoms with Crippen molar-refractivity contribution in [2.75, 3.05) is 0 Å². The van der Waals surface area contributed by atoms with E-state index in [1.807, 2.05) is 30.3 Å². The van der Waals surface area contributed by atoms with Gasteiger partial charge in [-0.05, 0) is 6.07 Å². The van der Waals surface area contributed by atoms with Gasteiger partial charge in [0.2, 0.25) is 0 Å². The Balaban J connectivity index is 2.43. The second-order valence-electron chi connectivity index (χ2n) is 5.16. The highest BCUT2D eigenvalue weighted by atomic mass is 14.8. The quantitative estimate of drug-likeness (QED) is 0.691. The van der Waals surface area contributed by atoms with Crippen LogP contribution in [-0.4, -0.2) is 17.8 Å². The second-order valence-corrected chi connectivity index (χ2v) is 5.16. The minimum Gasteiger partial charge on any atom is -0.241 e. The Hall–Kier alpha value is -1.64. The van der Waals surface area contributed by atoms with E-state index in [1.165, 1.54) is 0 Å². The standard InChI is InChI=1S/C14H15BN2/c1-14(2,3)13-8-12(16-9-17-13)10-4-6-11(15)7-5-10/h4-9H,1-3H3. The largest absolute Gasteiger partial charge is 0.241 e. The van der Waals surface area contributed by atoms with Crippen LogP contribution in [0, 0.1) is 0 Å². The fourth-order valence-corrected chi connectivity index (χ4v) is 1.58. The molecular formula is C14H15BN2. The maximum Gasteiger partial charge on any atom is 0.116 e. The molecule has 84 valence electrons. The van der Waals surface area contributed by atoms with Crippen LogP contribution in [0.2, 0.25) is 0 Å². The lowest BCUT2D eigenvalue weighted by Gasteiger charge is -2.17. The van der Waals surface area contributed by atoms with Crippen LogP contribution in [0.3, 0.4) is 0 Å². The molecule has 2 radical (unpaired) electrons. The van der Waals surface area contributed by atoms with Crippen molar-refractivity contribution in [2.24, 2.45) is 0 Å². The fraction of sp³-hybridized carbons (Fsp3) is 0.286. The van der Waals surface area contributed by atoms with Gasteiger partial charge in [0, 0.05) is 16.7 Å². The summed E-state index contributed by atoms with van der Waals surface area (Å²) in [6, 6.07) is 9.75. The van der Waals surface area contributed by atoms with Gasteiger partial charge in [0.05, 0.1) is 5.69 Å². The predicted octanol–water partition coefficient (Wildman–Crippen LogP) is 2.23. The summed E-state index contributed by atoms with van der Waals surface area (Å²) in [5.74, 6) is 0. The summed E-state index contributed by atoms with van der Waals surface area (Å²) in [5.41, 5.74) is 3.83. The van der Waals surface area contributed by atoms with E-state index < -0.39 is 0 Å². The number of hydrogen-bond acceptors (Lipinski definition) is 2. The lowest BCUT2D eigenvalue weighted by atomic mass is 9.90. The first-order valence-corrected chi connectivity index (χ1v) is 5.65. The Bertz CT molecular complexity index is 512. The van der Waals surface area contributed by atoms with Crippen LogP contribution in [0.1, 0.15) is 26.5 Å². The molecule has 0 saturated carbocycles. The van der Waals surface area contributed by atoms with Crippen LogP contribution in [0.25, 0.3) is 11.3 Å². The number of rotatable bonds is 1. The number of benzene rings is 1. The first-order valence-electron chi connectivity index (χ1n) is 5.65. The lowest BCUT2D eigenvalue weighted by Crippen LogP contribution is -2.13. The Morgan fingerprint density at radius 3 is 2.24 bits per heavy atom. The van der Waals surface area contributed by atoms with Crippen molar-refractivity contribution < 1.29 is 0 Å². The van der Waals surface area contributed by atoms with Crippen molar-refractivity contribution in [1.29, 1.82) is 0 Å². The molecule has 2 nitrogen and oxygen atoms in total. The number of nitrogens with zero attached hydrogens (tertiary/aromatic N) is 2. The SMILES string of the molecule is [B]c1ccc(-c2cc(C(C)(C)C)ncn2)cc1. The summed E-state index contributed by atoms with van der Waals surface area (Å²) in [4.78, 5) is 8.62. The molecule has 0 bridgehead atoms. The highest BCUT2D eigenvalue weighted by Crippen LogP contribution is 2.23. The molecule has 0 saturated heterocycles. The maximum atomic E-state index is 5.67. The molecule has 2 rings (SSSR count). The summed E-state index contributed by atoms with van der Waals surface area (Å²) < 4.78 is 0. The van der Waals surface area contributed by atoms with E-state index in [2.05, 4.69) is 30.7 Å². The zero-order valence-electron chi connectivity index (χ0n) is 10.4. The first-order chi connectivity index (χ1) is 7.97. The molecule has 0 spiro atoms. The van der Waals surface area contributed by atoms with E-state index in [-0.39, 0.29) is 5.41 Å². The zero-order valence-corrected chi connectivity index (χ0v) is 10.4. The van der Waals surface area contributed by atoms with Crippen molar-refractivity contribution in [3.05, 3.63) is 42.4 Å². The van der Waals surface area contributed by atoms with Crippen molar-refractivity contribution in [3.8, 4) is 11.3 Å². The Morgan fingerprint density at radius 2 is 1.65 bits per heavy atom. The van der Waals surface area contributed by atoms with E-state index in [0.717, 1.165) is 22.4 Å². The van der Waals surface area contributed by atoms with Crippen LogP contribution in [0.4, 0.5) is 0 Å². The van der Waals surface area contributed by atoms with Gasteiger partial charge >= 0.3 is 0 Å². The van der Waals surface area contributed by atoms with E-state index in [1.54, 1.807) is 6.33 Å². The van der Waals surface area contributed by atoms with Gasteiger partial charge in [0.25, 0.3) is 0 Å². The molecule has 0 N–H and O–H groups in total. The van der Waals surface area contributed by atoms with Gasteiger partial charge in [0.1, 0.15) is 14.2 Å². The molecule has 0 aliphatic heterocycles. The van der Waals surface area contributed by atoms with Gasteiger partial charge in [-0.25, -0.2) is 9.97 Å². The van der Waals surface area contributed by atoms with Gasteiger partial charge in [0.15, 0.2) is 0 Å². The zero-order chi connectivity index (χ0) is 12.5. The molecule has 0 amide bonds. The molecule has 17 heavy (non-hydrogen) atoms. The maximum absolute atomic E-state index is 5.67. The average molecular weight is 222 g/mol. The Labute approximate surface area is 104 Å². The molecule has 0 fully saturated rings. The molecule has 2 aromatic rings. The number of aromatic nitrogens is 2. The molecule has 1 aromatic carbocycles. The van der Waals surface area contributed by atoms with Crippen LogP contribution >= 0.6 is 0 Å². The van der Waals surface area contributed by atoms with E-state index >= 15 is 0 Å². The lowest BCUT2D eigenvalue weighted by molar-refractivity contribution is 0.567. The van der Waals surface area contributed by atoms with E-state index in [9.17, 15) is 0 Å². The molecule has 0 aliphatic rings. The normalized spacial score (nSPS) is 11.5. The van der Waals surface area contributed by atoms with Gasteiger partial charge in [-0.2, -0.15) is 0 Å². The molecule has 1 heterocycles. The summed E-state index contributed by atoms with van der Waals surface area (Å²) >= 11 is 0. The topological polar surface area (TPSA) is 25.8 Å². The first kappa shape index (κ1) is 11.8. The number of hydrogen-bond donors (Lipinski definition) is 0. The average Bonchev–Trinajstić information content (AvgIpc) is 2.29. The third-order valence-corrected chi connectivity index (χ3v) is 2.64. The third kappa shape index (κ3) is 2.73. The second kappa shape index (κ2) is 4.32. The highest BCUT2D eigenvalue weighted by molar-refractivity contribution is 6.32. The van der Waals surface area contributed by atoms with Crippen molar-refractivity contribution in [2.45, 2.75) is 26.2 Å². The van der Waals surface area contributed by atoms with Crippen LogP contribution < -0.4 is 5.46 Å². The van der Waals surface area contributed by atoms with Gasteiger partial charge in [-0.1, -0.05) is 50.5 Å². The Kier molecular flexibility index (Phi) is 3.01. The van der Waals surface area contributed by atoms with Crippen molar-refractivity contribution in [3.63, 3.8) is 0 Å². The van der Waals surface area contributed by atoms with E-state index in [0.29, 0.717) is 0 Å². The van der Waals surface area contributed by atoms with Gasteiger partial charge < -0.3 is 0 Å². The minimum absolute atomic E-state index is 0.0332. The fourth-order valence-electron chi connectivity index (χ4n) is 1.58. The third-order valence-electron chi connectivity index (χ3n) is 2.64. The van der Waals surface area contributed by atoms with Crippen LogP contribution in [0.15, 0.2) is 36.7 Å². The van der Waals surface area contributed by atoms with Crippen molar-refractivity contribution >= 4 is 13.3 Å². The van der Waals surface area contributed by atoms with Crippen molar-refractivity contribution in [1.82, 2.24) is 9.97 Å². The molecule has 1 aromatic heterocycles. The smallest absolute Gasteiger partial charge is 0.116 e. The molecule has 0 atom stereocenters. The summed E-state index contributed by atoms with van der Waals surface area (Å²) in [5, 5.41) is 0. The summed E-state index contributed by atoms with van der Waals surface area (Å²) in [6.45, 7) is 6.42. The molecular weight excluding hydrogens is 207 g/mol. The van der Waals surface area contributed by atoms with E-state index in [4.69, 9.17) is 7.85 Å². The predicted molar refractivity (Wildman–Crippen MR) is 71.6 cm³/mol. The molecule has 3 heteroatoms. The summed E-state index contributed by atoms with van der Waals surface area (Å²) in [7, 11) is 5.67. The molecule has 0 aliphatic carbocycles. The van der Waals surface area contributed by atoms with Gasteiger partial charge in [-0.3, -0.25) is 0 Å². The van der Waals surface area contributed by atoms with Crippen LogP contribution in [0.5, 0.6) is 0 Å². The monoisotopic (exact) mass is 222 g/mol. The molecule has 0 unspecified atom stereocenters. The minimum atomic E-state index is 0.0332.